The summed E-state index contributed by atoms with van der Waals surface area (Å²) < 4.78 is 27.0. The van der Waals surface area contributed by atoms with Crippen molar-refractivity contribution in [2.75, 3.05) is 0 Å². The smallest absolute Gasteiger partial charge is 0.323 e. The van der Waals surface area contributed by atoms with Crippen molar-refractivity contribution in [2.45, 2.75) is 25.6 Å². The van der Waals surface area contributed by atoms with E-state index in [0.717, 1.165) is 12.6 Å². The van der Waals surface area contributed by atoms with Crippen LogP contribution in [-0.2, 0) is 28.4 Å². The van der Waals surface area contributed by atoms with Crippen LogP contribution in [0.25, 0.3) is 0 Å². The van der Waals surface area contributed by atoms with Gasteiger partial charge in [-0.2, -0.15) is 5.10 Å². The van der Waals surface area contributed by atoms with Crippen LogP contribution in [0, 0.1) is 6.92 Å². The fraction of sp³-hybridized carbons (Fsp3) is 0.556. The van der Waals surface area contributed by atoms with Crippen molar-refractivity contribution >= 4 is 16.0 Å². The zero-order chi connectivity index (χ0) is 13.2. The molecule has 0 aliphatic heterocycles. The van der Waals surface area contributed by atoms with Crippen molar-refractivity contribution in [1.29, 1.82) is 0 Å². The minimum atomic E-state index is -3.85. The molecule has 0 bridgehead atoms. The van der Waals surface area contributed by atoms with Crippen molar-refractivity contribution < 1.29 is 18.3 Å². The molecule has 0 aromatic carbocycles. The Balaban J connectivity index is 2.75. The summed E-state index contributed by atoms with van der Waals surface area (Å²) in [6.45, 7) is 2.97. The summed E-state index contributed by atoms with van der Waals surface area (Å²) in [5, 5.41) is 11.1. The molecule has 17 heavy (non-hydrogen) atoms. The lowest BCUT2D eigenvalue weighted by molar-refractivity contribution is -0.136. The average molecular weight is 261 g/mol. The van der Waals surface area contributed by atoms with Crippen molar-refractivity contribution in [3.63, 3.8) is 0 Å². The van der Waals surface area contributed by atoms with Crippen LogP contribution in [0.2, 0.25) is 0 Å². The van der Waals surface area contributed by atoms with Gasteiger partial charge in [0.1, 0.15) is 0 Å². The third kappa shape index (κ3) is 3.04. The molecule has 0 saturated heterocycles. The predicted octanol–water partition coefficient (Wildman–Crippen LogP) is -0.379. The Labute approximate surface area is 99.5 Å². The number of hydrogen-bond donors (Lipinski definition) is 2. The molecule has 1 atom stereocenters. The number of nitrogens with one attached hydrogen (secondary N) is 1. The second-order valence-corrected chi connectivity index (χ2v) is 5.81. The Kier molecular flexibility index (Phi) is 3.89. The van der Waals surface area contributed by atoms with E-state index in [-0.39, 0.29) is 6.54 Å². The number of aromatic nitrogens is 2. The fourth-order valence-corrected chi connectivity index (χ4v) is 2.03. The van der Waals surface area contributed by atoms with Crippen LogP contribution < -0.4 is 4.72 Å². The van der Waals surface area contributed by atoms with E-state index in [2.05, 4.69) is 9.82 Å². The summed E-state index contributed by atoms with van der Waals surface area (Å²) in [6.07, 6.45) is 1.54. The first-order valence-electron chi connectivity index (χ1n) is 4.94. The van der Waals surface area contributed by atoms with Gasteiger partial charge in [-0.05, 0) is 13.8 Å². The molecular formula is C9H15N3O4S. The molecule has 0 amide bonds. The molecule has 0 aliphatic rings. The molecule has 0 spiro atoms. The van der Waals surface area contributed by atoms with Gasteiger partial charge in [0.15, 0.2) is 5.25 Å². The SMILES string of the molecule is Cc1c(CNS(=O)(=O)C(C)C(=O)O)cnn1C. The van der Waals surface area contributed by atoms with Crippen LogP contribution in [0.4, 0.5) is 0 Å². The molecule has 2 N–H and O–H groups in total. The number of hydrogen-bond acceptors (Lipinski definition) is 4. The highest BCUT2D eigenvalue weighted by Gasteiger charge is 2.27. The van der Waals surface area contributed by atoms with Crippen LogP contribution in [0.1, 0.15) is 18.2 Å². The van der Waals surface area contributed by atoms with Crippen molar-refractivity contribution in [3.8, 4) is 0 Å². The lowest BCUT2D eigenvalue weighted by Gasteiger charge is -2.09. The minimum Gasteiger partial charge on any atom is -0.480 e. The number of sulfonamides is 1. The molecular weight excluding hydrogens is 246 g/mol. The summed E-state index contributed by atoms with van der Waals surface area (Å²) in [6, 6.07) is 0. The van der Waals surface area contributed by atoms with Gasteiger partial charge in [0, 0.05) is 24.8 Å². The number of carbonyl (C=O) groups is 1. The summed E-state index contributed by atoms with van der Waals surface area (Å²) >= 11 is 0. The van der Waals surface area contributed by atoms with Gasteiger partial charge in [-0.1, -0.05) is 0 Å². The Morgan fingerprint density at radius 2 is 2.24 bits per heavy atom. The van der Waals surface area contributed by atoms with Gasteiger partial charge in [-0.25, -0.2) is 13.1 Å². The summed E-state index contributed by atoms with van der Waals surface area (Å²) in [5.74, 6) is -1.37. The maximum Gasteiger partial charge on any atom is 0.323 e. The van der Waals surface area contributed by atoms with E-state index in [1.165, 1.54) is 0 Å². The zero-order valence-electron chi connectivity index (χ0n) is 9.84. The monoisotopic (exact) mass is 261 g/mol. The highest BCUT2D eigenvalue weighted by molar-refractivity contribution is 7.90. The van der Waals surface area contributed by atoms with Crippen LogP contribution in [0.3, 0.4) is 0 Å². The third-order valence-electron chi connectivity index (χ3n) is 2.61. The van der Waals surface area contributed by atoms with Crippen LogP contribution >= 0.6 is 0 Å². The lowest BCUT2D eigenvalue weighted by atomic mass is 10.3. The minimum absolute atomic E-state index is 0.0413. The number of aliphatic carboxylic acids is 1. The van der Waals surface area contributed by atoms with Gasteiger partial charge in [0.2, 0.25) is 10.0 Å². The van der Waals surface area contributed by atoms with Crippen molar-refractivity contribution in [1.82, 2.24) is 14.5 Å². The molecule has 8 heteroatoms. The highest BCUT2D eigenvalue weighted by Crippen LogP contribution is 2.07. The first-order valence-corrected chi connectivity index (χ1v) is 6.49. The molecule has 1 aromatic heterocycles. The zero-order valence-corrected chi connectivity index (χ0v) is 10.7. The quantitative estimate of drug-likeness (QED) is 0.752. The number of aryl methyl sites for hydroxylation is 1. The maximum absolute atomic E-state index is 11.5. The predicted molar refractivity (Wildman–Crippen MR) is 60.8 cm³/mol. The van der Waals surface area contributed by atoms with Gasteiger partial charge >= 0.3 is 5.97 Å². The van der Waals surface area contributed by atoms with Crippen molar-refractivity contribution in [3.05, 3.63) is 17.5 Å². The molecule has 1 heterocycles. The average Bonchev–Trinajstić information content (AvgIpc) is 2.56. The Hall–Kier alpha value is -1.41. The first-order chi connectivity index (χ1) is 7.75. The number of carboxylic acid groups (broad SMARTS) is 1. The second kappa shape index (κ2) is 4.84. The van der Waals surface area contributed by atoms with Crippen molar-refractivity contribution in [2.24, 2.45) is 7.05 Å². The topological polar surface area (TPSA) is 101 Å². The standard InChI is InChI=1S/C9H15N3O4S/c1-6-8(4-10-12(6)3)5-11-17(15,16)7(2)9(13)14/h4,7,11H,5H2,1-3H3,(H,13,14). The molecule has 96 valence electrons. The molecule has 1 rings (SSSR count). The van der Waals surface area contributed by atoms with E-state index < -0.39 is 21.2 Å². The molecule has 1 aromatic rings. The number of nitrogens with zero attached hydrogens (tertiary/aromatic N) is 2. The summed E-state index contributed by atoms with van der Waals surface area (Å²) in [7, 11) is -2.11. The first kappa shape index (κ1) is 13.7. The van der Waals surface area contributed by atoms with E-state index in [1.807, 2.05) is 0 Å². The van der Waals surface area contributed by atoms with Crippen LogP contribution in [0.15, 0.2) is 6.20 Å². The Morgan fingerprint density at radius 1 is 1.65 bits per heavy atom. The van der Waals surface area contributed by atoms with Gasteiger partial charge in [0.25, 0.3) is 0 Å². The molecule has 0 fully saturated rings. The number of rotatable bonds is 5. The third-order valence-corrected chi connectivity index (χ3v) is 4.29. The van der Waals surface area contributed by atoms with Crippen LogP contribution in [-0.4, -0.2) is 34.5 Å². The van der Waals surface area contributed by atoms with E-state index in [1.54, 1.807) is 24.9 Å². The highest BCUT2D eigenvalue weighted by atomic mass is 32.2. The van der Waals surface area contributed by atoms with Gasteiger partial charge in [0.05, 0.1) is 6.20 Å². The molecule has 0 saturated carbocycles. The van der Waals surface area contributed by atoms with E-state index in [4.69, 9.17) is 5.11 Å². The second-order valence-electron chi connectivity index (χ2n) is 3.73. The molecule has 7 nitrogen and oxygen atoms in total. The van der Waals surface area contributed by atoms with Gasteiger partial charge < -0.3 is 5.11 Å². The fourth-order valence-electron chi connectivity index (χ4n) is 1.15. The van der Waals surface area contributed by atoms with Gasteiger partial charge in [-0.15, -0.1) is 0 Å². The maximum atomic E-state index is 11.5. The van der Waals surface area contributed by atoms with E-state index in [0.29, 0.717) is 5.56 Å². The van der Waals surface area contributed by atoms with E-state index in [9.17, 15) is 13.2 Å². The summed E-state index contributed by atoms with van der Waals surface area (Å²) in [4.78, 5) is 10.6. The Bertz CT molecular complexity index is 520. The molecule has 0 radical (unpaired) electrons. The molecule has 0 aliphatic carbocycles. The van der Waals surface area contributed by atoms with E-state index >= 15 is 0 Å². The number of carboxylic acids is 1. The lowest BCUT2D eigenvalue weighted by Crippen LogP contribution is -2.37. The van der Waals surface area contributed by atoms with Gasteiger partial charge in [-0.3, -0.25) is 9.48 Å². The normalized spacial score (nSPS) is 13.6. The largest absolute Gasteiger partial charge is 0.480 e. The molecule has 1 unspecified atom stereocenters. The Morgan fingerprint density at radius 3 is 2.65 bits per heavy atom. The summed E-state index contributed by atoms with van der Waals surface area (Å²) in [5.41, 5.74) is 1.55. The van der Waals surface area contributed by atoms with Crippen LogP contribution in [0.5, 0.6) is 0 Å².